The number of fused-ring (bicyclic) bond motifs is 1. The molecule has 2 aromatic heterocycles. The summed E-state index contributed by atoms with van der Waals surface area (Å²) in [5.74, 6) is 2.33. The van der Waals surface area contributed by atoms with Crippen LogP contribution in [-0.2, 0) is 12.8 Å². The Labute approximate surface area is 169 Å². The van der Waals surface area contributed by atoms with Gasteiger partial charge in [0.1, 0.15) is 11.6 Å². The van der Waals surface area contributed by atoms with E-state index in [1.807, 2.05) is 42.6 Å². The van der Waals surface area contributed by atoms with Gasteiger partial charge in [-0.2, -0.15) is 4.98 Å². The van der Waals surface area contributed by atoms with Gasteiger partial charge in [0.15, 0.2) is 0 Å². The van der Waals surface area contributed by atoms with Gasteiger partial charge < -0.3 is 20.4 Å². The van der Waals surface area contributed by atoms with E-state index < -0.39 is 0 Å². The van der Waals surface area contributed by atoms with Crippen LogP contribution >= 0.6 is 0 Å². The highest BCUT2D eigenvalue weighted by atomic mass is 16.5. The van der Waals surface area contributed by atoms with Crippen LogP contribution in [0.4, 0.5) is 11.8 Å². The highest BCUT2D eigenvalue weighted by Gasteiger charge is 2.07. The lowest BCUT2D eigenvalue weighted by Gasteiger charge is -2.12. The Morgan fingerprint density at radius 3 is 2.55 bits per heavy atom. The molecule has 0 aliphatic heterocycles. The number of rotatable bonds is 9. The van der Waals surface area contributed by atoms with Gasteiger partial charge in [-0.15, -0.1) is 0 Å². The lowest BCUT2D eigenvalue weighted by Crippen LogP contribution is -2.12. The summed E-state index contributed by atoms with van der Waals surface area (Å²) in [4.78, 5) is 16.5. The van der Waals surface area contributed by atoms with Crippen LogP contribution in [0.5, 0.6) is 5.75 Å². The second-order valence-corrected chi connectivity index (χ2v) is 6.69. The second kappa shape index (κ2) is 9.05. The van der Waals surface area contributed by atoms with Crippen LogP contribution in [0.25, 0.3) is 10.9 Å². The van der Waals surface area contributed by atoms with Crippen LogP contribution in [0.1, 0.15) is 11.3 Å². The van der Waals surface area contributed by atoms with Crippen molar-refractivity contribution in [2.75, 3.05) is 30.8 Å². The van der Waals surface area contributed by atoms with E-state index in [0.29, 0.717) is 5.95 Å². The normalized spacial score (nSPS) is 10.8. The number of H-pyrrole nitrogens is 1. The van der Waals surface area contributed by atoms with Crippen molar-refractivity contribution in [3.8, 4) is 5.75 Å². The zero-order valence-electron chi connectivity index (χ0n) is 16.4. The SMILES string of the molecule is COc1ccc(CCNc2nc(NCCc3cnc[nH]3)c3ccccc3n2)cc1. The molecule has 7 heteroatoms. The molecule has 0 fully saturated rings. The number of ether oxygens (including phenoxy) is 1. The number of para-hydroxylation sites is 1. The van der Waals surface area contributed by atoms with Gasteiger partial charge in [-0.1, -0.05) is 24.3 Å². The van der Waals surface area contributed by atoms with E-state index in [4.69, 9.17) is 9.72 Å². The molecule has 4 aromatic rings. The summed E-state index contributed by atoms with van der Waals surface area (Å²) in [5, 5.41) is 7.79. The first-order valence-corrected chi connectivity index (χ1v) is 9.66. The van der Waals surface area contributed by atoms with Gasteiger partial charge in [0.25, 0.3) is 0 Å². The number of nitrogens with one attached hydrogen (secondary N) is 3. The third-order valence-electron chi connectivity index (χ3n) is 4.70. The lowest BCUT2D eigenvalue weighted by atomic mass is 10.1. The highest BCUT2D eigenvalue weighted by Crippen LogP contribution is 2.22. The molecule has 0 amide bonds. The molecule has 0 spiro atoms. The molecular weight excluding hydrogens is 364 g/mol. The zero-order chi connectivity index (χ0) is 19.9. The number of aromatic nitrogens is 4. The molecule has 2 aromatic carbocycles. The van der Waals surface area contributed by atoms with E-state index in [0.717, 1.165) is 54.1 Å². The summed E-state index contributed by atoms with van der Waals surface area (Å²) in [6.45, 7) is 1.51. The molecule has 2 heterocycles. The van der Waals surface area contributed by atoms with Crippen LogP contribution in [0, 0.1) is 0 Å². The van der Waals surface area contributed by atoms with Crippen molar-refractivity contribution in [1.29, 1.82) is 0 Å². The molecule has 0 unspecified atom stereocenters. The Morgan fingerprint density at radius 2 is 1.76 bits per heavy atom. The predicted molar refractivity (Wildman–Crippen MR) is 116 cm³/mol. The zero-order valence-corrected chi connectivity index (χ0v) is 16.4. The van der Waals surface area contributed by atoms with Crippen LogP contribution in [0.15, 0.2) is 61.1 Å². The van der Waals surface area contributed by atoms with Crippen molar-refractivity contribution in [1.82, 2.24) is 19.9 Å². The van der Waals surface area contributed by atoms with Crippen LogP contribution < -0.4 is 15.4 Å². The Bertz CT molecular complexity index is 1050. The fraction of sp³-hybridized carbons (Fsp3) is 0.227. The number of benzene rings is 2. The summed E-state index contributed by atoms with van der Waals surface area (Å²) in [6.07, 6.45) is 5.26. The number of imidazole rings is 1. The minimum Gasteiger partial charge on any atom is -0.497 e. The maximum absolute atomic E-state index is 5.20. The average molecular weight is 388 g/mol. The number of methoxy groups -OCH3 is 1. The summed E-state index contributed by atoms with van der Waals surface area (Å²) in [6, 6.07) is 16.1. The van der Waals surface area contributed by atoms with Crippen LogP contribution in [0.3, 0.4) is 0 Å². The Hall–Kier alpha value is -3.61. The minimum absolute atomic E-state index is 0.626. The third-order valence-corrected chi connectivity index (χ3v) is 4.70. The topological polar surface area (TPSA) is 87.8 Å². The molecule has 0 aliphatic rings. The second-order valence-electron chi connectivity index (χ2n) is 6.69. The summed E-state index contributed by atoms with van der Waals surface area (Å²) >= 11 is 0. The number of aromatic amines is 1. The van der Waals surface area contributed by atoms with Crippen molar-refractivity contribution < 1.29 is 4.74 Å². The van der Waals surface area contributed by atoms with Gasteiger partial charge in [0.05, 0.1) is 19.0 Å². The van der Waals surface area contributed by atoms with E-state index in [-0.39, 0.29) is 0 Å². The Balaban J connectivity index is 1.42. The van der Waals surface area contributed by atoms with Crippen molar-refractivity contribution in [2.45, 2.75) is 12.8 Å². The molecule has 0 atom stereocenters. The largest absolute Gasteiger partial charge is 0.497 e. The summed E-state index contributed by atoms with van der Waals surface area (Å²) in [7, 11) is 1.67. The van der Waals surface area contributed by atoms with E-state index in [9.17, 15) is 0 Å². The summed E-state index contributed by atoms with van der Waals surface area (Å²) in [5.41, 5.74) is 3.24. The number of hydrogen-bond donors (Lipinski definition) is 3. The van der Waals surface area contributed by atoms with E-state index >= 15 is 0 Å². The average Bonchev–Trinajstić information content (AvgIpc) is 3.28. The number of hydrogen-bond acceptors (Lipinski definition) is 6. The van der Waals surface area contributed by atoms with Gasteiger partial charge in [0, 0.05) is 36.8 Å². The molecular formula is C22H24N6O. The van der Waals surface area contributed by atoms with Crippen LogP contribution in [-0.4, -0.2) is 40.1 Å². The van der Waals surface area contributed by atoms with E-state index in [1.54, 1.807) is 13.4 Å². The molecule has 4 rings (SSSR count). The number of anilines is 2. The standard InChI is InChI=1S/C22H24N6O/c1-29-18-8-6-16(7-9-18)10-12-25-22-27-20-5-3-2-4-19(20)21(28-22)24-13-11-17-14-23-15-26-17/h2-9,14-15H,10-13H2,1H3,(H,23,26)(H2,24,25,27,28). The molecule has 0 saturated carbocycles. The van der Waals surface area contributed by atoms with Crippen molar-refractivity contribution in [2.24, 2.45) is 0 Å². The van der Waals surface area contributed by atoms with Gasteiger partial charge >= 0.3 is 0 Å². The van der Waals surface area contributed by atoms with Gasteiger partial charge in [-0.05, 0) is 36.2 Å². The maximum atomic E-state index is 5.20. The van der Waals surface area contributed by atoms with Crippen molar-refractivity contribution in [3.63, 3.8) is 0 Å². The first kappa shape index (κ1) is 18.7. The van der Waals surface area contributed by atoms with Gasteiger partial charge in [-0.25, -0.2) is 9.97 Å². The fourth-order valence-corrected chi connectivity index (χ4v) is 3.14. The number of nitrogens with zero attached hydrogens (tertiary/aromatic N) is 3. The molecule has 0 radical (unpaired) electrons. The van der Waals surface area contributed by atoms with Crippen molar-refractivity contribution >= 4 is 22.7 Å². The monoisotopic (exact) mass is 388 g/mol. The maximum Gasteiger partial charge on any atom is 0.225 e. The molecule has 29 heavy (non-hydrogen) atoms. The highest BCUT2D eigenvalue weighted by molar-refractivity contribution is 5.90. The van der Waals surface area contributed by atoms with Crippen LogP contribution in [0.2, 0.25) is 0 Å². The summed E-state index contributed by atoms with van der Waals surface area (Å²) < 4.78 is 5.20. The molecule has 7 nitrogen and oxygen atoms in total. The minimum atomic E-state index is 0.626. The first-order chi connectivity index (χ1) is 14.3. The predicted octanol–water partition coefficient (Wildman–Crippen LogP) is 3.67. The van der Waals surface area contributed by atoms with Gasteiger partial charge in [0.2, 0.25) is 5.95 Å². The molecule has 0 bridgehead atoms. The lowest BCUT2D eigenvalue weighted by molar-refractivity contribution is 0.414. The quantitative estimate of drug-likeness (QED) is 0.405. The molecule has 3 N–H and O–H groups in total. The first-order valence-electron chi connectivity index (χ1n) is 9.66. The molecule has 0 aliphatic carbocycles. The molecule has 148 valence electrons. The Morgan fingerprint density at radius 1 is 0.931 bits per heavy atom. The smallest absolute Gasteiger partial charge is 0.225 e. The third kappa shape index (κ3) is 4.82. The van der Waals surface area contributed by atoms with E-state index in [2.05, 4.69) is 37.7 Å². The fourth-order valence-electron chi connectivity index (χ4n) is 3.14. The Kier molecular flexibility index (Phi) is 5.85. The van der Waals surface area contributed by atoms with Crippen molar-refractivity contribution in [3.05, 3.63) is 72.3 Å². The van der Waals surface area contributed by atoms with Gasteiger partial charge in [-0.3, -0.25) is 0 Å². The van der Waals surface area contributed by atoms with E-state index in [1.165, 1.54) is 5.56 Å². The molecule has 0 saturated heterocycles.